The Morgan fingerprint density at radius 1 is 1.44 bits per heavy atom. The zero-order valence-corrected chi connectivity index (χ0v) is 8.63. The SMILES string of the molecule is NCc1c(C(=O)O)ncc(C(F)(F)F)c1C(F)F. The van der Waals surface area contributed by atoms with Crippen LogP contribution in [0.25, 0.3) is 0 Å². The molecule has 0 aliphatic carbocycles. The molecule has 100 valence electrons. The number of nitrogens with zero attached hydrogens (tertiary/aromatic N) is 1. The molecule has 0 aliphatic heterocycles. The minimum atomic E-state index is -5.06. The Balaban J connectivity index is 3.64. The number of rotatable bonds is 3. The summed E-state index contributed by atoms with van der Waals surface area (Å²) in [5, 5.41) is 8.65. The van der Waals surface area contributed by atoms with Gasteiger partial charge in [-0.15, -0.1) is 0 Å². The van der Waals surface area contributed by atoms with Gasteiger partial charge in [-0.05, 0) is 0 Å². The highest BCUT2D eigenvalue weighted by Crippen LogP contribution is 2.38. The third-order valence-electron chi connectivity index (χ3n) is 2.15. The van der Waals surface area contributed by atoms with Crippen LogP contribution in [0, 0.1) is 0 Å². The molecular weight excluding hydrogens is 263 g/mol. The molecule has 0 unspecified atom stereocenters. The highest BCUT2D eigenvalue weighted by molar-refractivity contribution is 5.87. The minimum absolute atomic E-state index is 0.0735. The number of aromatic carboxylic acids is 1. The van der Waals surface area contributed by atoms with Crippen LogP contribution in [0.4, 0.5) is 22.0 Å². The van der Waals surface area contributed by atoms with E-state index < -0.39 is 47.5 Å². The summed E-state index contributed by atoms with van der Waals surface area (Å²) in [5.74, 6) is -1.72. The maximum Gasteiger partial charge on any atom is 0.418 e. The predicted octanol–water partition coefficient (Wildman–Crippen LogP) is 2.19. The third kappa shape index (κ3) is 2.55. The quantitative estimate of drug-likeness (QED) is 0.825. The second-order valence-corrected chi connectivity index (χ2v) is 3.22. The molecular formula is C9H7F5N2O2. The normalized spacial score (nSPS) is 11.9. The van der Waals surface area contributed by atoms with Crippen molar-refractivity contribution in [3.8, 4) is 0 Å². The van der Waals surface area contributed by atoms with Gasteiger partial charge in [-0.3, -0.25) is 0 Å². The molecule has 0 aromatic carbocycles. The fourth-order valence-electron chi connectivity index (χ4n) is 1.43. The van der Waals surface area contributed by atoms with Crippen molar-refractivity contribution in [2.45, 2.75) is 19.1 Å². The van der Waals surface area contributed by atoms with Gasteiger partial charge in [-0.1, -0.05) is 0 Å². The van der Waals surface area contributed by atoms with E-state index in [1.165, 1.54) is 0 Å². The van der Waals surface area contributed by atoms with E-state index in [4.69, 9.17) is 10.8 Å². The summed E-state index contributed by atoms with van der Waals surface area (Å²) in [6.07, 6.45) is -8.48. The van der Waals surface area contributed by atoms with Crippen molar-refractivity contribution in [1.29, 1.82) is 0 Å². The second kappa shape index (κ2) is 4.84. The topological polar surface area (TPSA) is 76.2 Å². The lowest BCUT2D eigenvalue weighted by Gasteiger charge is -2.16. The van der Waals surface area contributed by atoms with Gasteiger partial charge in [-0.25, -0.2) is 18.6 Å². The number of hydrogen-bond donors (Lipinski definition) is 2. The average Bonchev–Trinajstić information content (AvgIpc) is 2.25. The molecule has 0 aliphatic rings. The van der Waals surface area contributed by atoms with Crippen LogP contribution in [0.5, 0.6) is 0 Å². The lowest BCUT2D eigenvalue weighted by Crippen LogP contribution is -2.19. The molecule has 0 saturated heterocycles. The molecule has 9 heteroatoms. The Morgan fingerprint density at radius 3 is 2.33 bits per heavy atom. The fraction of sp³-hybridized carbons (Fsp3) is 0.333. The lowest BCUT2D eigenvalue weighted by atomic mass is 10.0. The van der Waals surface area contributed by atoms with E-state index in [-0.39, 0.29) is 6.20 Å². The molecule has 0 amide bonds. The number of alkyl halides is 5. The molecule has 1 heterocycles. The van der Waals surface area contributed by atoms with Gasteiger partial charge in [0.2, 0.25) is 0 Å². The Labute approximate surface area is 97.2 Å². The first-order valence-electron chi connectivity index (χ1n) is 4.50. The van der Waals surface area contributed by atoms with Gasteiger partial charge in [0.05, 0.1) is 5.56 Å². The summed E-state index contributed by atoms with van der Waals surface area (Å²) in [6.45, 7) is -0.780. The van der Waals surface area contributed by atoms with Crippen molar-refractivity contribution < 1.29 is 31.9 Å². The Hall–Kier alpha value is -1.77. The molecule has 1 rings (SSSR count). The molecule has 0 saturated carbocycles. The van der Waals surface area contributed by atoms with Crippen molar-refractivity contribution in [2.75, 3.05) is 0 Å². The molecule has 4 nitrogen and oxygen atoms in total. The average molecular weight is 270 g/mol. The molecule has 0 atom stereocenters. The molecule has 3 N–H and O–H groups in total. The lowest BCUT2D eigenvalue weighted by molar-refractivity contribution is -0.139. The van der Waals surface area contributed by atoms with Crippen LogP contribution in [-0.2, 0) is 12.7 Å². The van der Waals surface area contributed by atoms with Crippen LogP contribution in [0.2, 0.25) is 0 Å². The number of carboxylic acid groups (broad SMARTS) is 1. The number of pyridine rings is 1. The smallest absolute Gasteiger partial charge is 0.418 e. The van der Waals surface area contributed by atoms with Gasteiger partial charge in [0.15, 0.2) is 5.69 Å². The van der Waals surface area contributed by atoms with Crippen LogP contribution in [0.1, 0.15) is 33.6 Å². The van der Waals surface area contributed by atoms with E-state index in [0.717, 1.165) is 0 Å². The predicted molar refractivity (Wildman–Crippen MR) is 49.0 cm³/mol. The second-order valence-electron chi connectivity index (χ2n) is 3.22. The highest BCUT2D eigenvalue weighted by atomic mass is 19.4. The van der Waals surface area contributed by atoms with Gasteiger partial charge >= 0.3 is 12.1 Å². The summed E-state index contributed by atoms with van der Waals surface area (Å²) in [4.78, 5) is 13.7. The van der Waals surface area contributed by atoms with Gasteiger partial charge < -0.3 is 10.8 Å². The fourth-order valence-corrected chi connectivity index (χ4v) is 1.43. The maximum absolute atomic E-state index is 12.7. The molecule has 0 fully saturated rings. The number of nitrogens with two attached hydrogens (primary N) is 1. The van der Waals surface area contributed by atoms with Crippen molar-refractivity contribution in [1.82, 2.24) is 4.98 Å². The number of halogens is 5. The van der Waals surface area contributed by atoms with E-state index in [1.54, 1.807) is 0 Å². The van der Waals surface area contributed by atoms with E-state index in [0.29, 0.717) is 0 Å². The van der Waals surface area contributed by atoms with E-state index in [1.807, 2.05) is 0 Å². The Kier molecular flexibility index (Phi) is 3.85. The van der Waals surface area contributed by atoms with Crippen LogP contribution in [-0.4, -0.2) is 16.1 Å². The van der Waals surface area contributed by atoms with E-state index in [9.17, 15) is 26.7 Å². The minimum Gasteiger partial charge on any atom is -0.477 e. The Morgan fingerprint density at radius 2 is 2.00 bits per heavy atom. The summed E-state index contributed by atoms with van der Waals surface area (Å²) in [5.41, 5.74) is 0.210. The maximum atomic E-state index is 12.7. The van der Waals surface area contributed by atoms with Gasteiger partial charge in [-0.2, -0.15) is 13.2 Å². The highest BCUT2D eigenvalue weighted by Gasteiger charge is 2.38. The third-order valence-corrected chi connectivity index (χ3v) is 2.15. The van der Waals surface area contributed by atoms with Crippen LogP contribution in [0.3, 0.4) is 0 Å². The molecule has 18 heavy (non-hydrogen) atoms. The van der Waals surface area contributed by atoms with Gasteiger partial charge in [0, 0.05) is 23.9 Å². The van der Waals surface area contributed by atoms with Crippen LogP contribution >= 0.6 is 0 Å². The summed E-state index contributed by atoms with van der Waals surface area (Å²) < 4.78 is 62.8. The zero-order chi connectivity index (χ0) is 14.1. The summed E-state index contributed by atoms with van der Waals surface area (Å²) in [7, 11) is 0. The van der Waals surface area contributed by atoms with Gasteiger partial charge in [0.25, 0.3) is 6.43 Å². The molecule has 0 radical (unpaired) electrons. The Bertz CT molecular complexity index is 473. The summed E-state index contributed by atoms with van der Waals surface area (Å²) >= 11 is 0. The first-order valence-corrected chi connectivity index (χ1v) is 4.50. The van der Waals surface area contributed by atoms with Crippen LogP contribution < -0.4 is 5.73 Å². The van der Waals surface area contributed by atoms with Crippen molar-refractivity contribution >= 4 is 5.97 Å². The van der Waals surface area contributed by atoms with E-state index >= 15 is 0 Å². The summed E-state index contributed by atoms with van der Waals surface area (Å²) in [6, 6.07) is 0. The number of carbonyl (C=O) groups is 1. The van der Waals surface area contributed by atoms with Crippen molar-refractivity contribution in [2.24, 2.45) is 5.73 Å². The largest absolute Gasteiger partial charge is 0.477 e. The van der Waals surface area contributed by atoms with Crippen molar-refractivity contribution in [3.05, 3.63) is 28.6 Å². The first-order chi connectivity index (χ1) is 8.20. The standard InChI is InChI=1S/C9H7F5N2O2/c10-7(11)5-3(1-15)6(8(17)18)16-2-4(5)9(12,13)14/h2,7H,1,15H2,(H,17,18). The van der Waals surface area contributed by atoms with E-state index in [2.05, 4.69) is 4.98 Å². The molecule has 1 aromatic rings. The molecule has 1 aromatic heterocycles. The molecule has 0 spiro atoms. The molecule has 0 bridgehead atoms. The number of carboxylic acids is 1. The van der Waals surface area contributed by atoms with Gasteiger partial charge in [0.1, 0.15) is 0 Å². The zero-order valence-electron chi connectivity index (χ0n) is 8.63. The van der Waals surface area contributed by atoms with Crippen LogP contribution in [0.15, 0.2) is 6.20 Å². The monoisotopic (exact) mass is 270 g/mol. The number of aromatic nitrogens is 1. The number of hydrogen-bond acceptors (Lipinski definition) is 3. The van der Waals surface area contributed by atoms with Crippen molar-refractivity contribution in [3.63, 3.8) is 0 Å². The first kappa shape index (κ1) is 14.3.